The zero-order valence-electron chi connectivity index (χ0n) is 10.4. The molecule has 2 rings (SSSR count). The van der Waals surface area contributed by atoms with Crippen LogP contribution in [0.1, 0.15) is 26.2 Å². The van der Waals surface area contributed by atoms with Crippen LogP contribution in [0.3, 0.4) is 0 Å². The molecule has 0 amide bonds. The molecule has 92 valence electrons. The standard InChI is InChI=1S/C12H23N3S/c1-3-15(2)8-7-13-12-14-11-6-4-5-10(11)9-16-12/h10-11H,3-9H2,1-2H3,(H,13,14). The van der Waals surface area contributed by atoms with Gasteiger partial charge in [0.25, 0.3) is 0 Å². The van der Waals surface area contributed by atoms with Crippen molar-refractivity contribution >= 4 is 16.9 Å². The van der Waals surface area contributed by atoms with Gasteiger partial charge in [-0.1, -0.05) is 25.1 Å². The van der Waals surface area contributed by atoms with Crippen molar-refractivity contribution in [1.82, 2.24) is 10.2 Å². The third kappa shape index (κ3) is 3.14. The minimum Gasteiger partial charge on any atom is -0.362 e. The van der Waals surface area contributed by atoms with Crippen LogP contribution in [0, 0.1) is 5.92 Å². The van der Waals surface area contributed by atoms with Crippen LogP contribution in [-0.2, 0) is 0 Å². The molecule has 0 bridgehead atoms. The van der Waals surface area contributed by atoms with Crippen LogP contribution in [0.4, 0.5) is 0 Å². The van der Waals surface area contributed by atoms with Crippen molar-refractivity contribution < 1.29 is 0 Å². The first kappa shape index (κ1) is 12.2. The van der Waals surface area contributed by atoms with E-state index in [0.717, 1.165) is 31.6 Å². The molecule has 2 unspecified atom stereocenters. The number of likely N-dealkylation sites (N-methyl/N-ethyl adjacent to an activating group) is 1. The van der Waals surface area contributed by atoms with Gasteiger partial charge in [0.05, 0.1) is 6.54 Å². The van der Waals surface area contributed by atoms with Gasteiger partial charge in [0.1, 0.15) is 0 Å². The van der Waals surface area contributed by atoms with E-state index in [4.69, 9.17) is 0 Å². The first-order valence-electron chi connectivity index (χ1n) is 6.42. The van der Waals surface area contributed by atoms with Gasteiger partial charge in [0, 0.05) is 18.3 Å². The molecule has 16 heavy (non-hydrogen) atoms. The molecule has 1 N–H and O–H groups in total. The smallest absolute Gasteiger partial charge is 0.156 e. The Morgan fingerprint density at radius 3 is 3.19 bits per heavy atom. The minimum atomic E-state index is 0.726. The van der Waals surface area contributed by atoms with Gasteiger partial charge < -0.3 is 10.2 Å². The Morgan fingerprint density at radius 2 is 2.38 bits per heavy atom. The quantitative estimate of drug-likeness (QED) is 0.813. The van der Waals surface area contributed by atoms with Crippen LogP contribution in [0.15, 0.2) is 4.99 Å². The zero-order valence-corrected chi connectivity index (χ0v) is 11.2. The summed E-state index contributed by atoms with van der Waals surface area (Å²) in [6, 6.07) is 0.726. The van der Waals surface area contributed by atoms with Gasteiger partial charge in [0.15, 0.2) is 5.17 Å². The van der Waals surface area contributed by atoms with Gasteiger partial charge in [0.2, 0.25) is 0 Å². The highest BCUT2D eigenvalue weighted by Crippen LogP contribution is 2.32. The largest absolute Gasteiger partial charge is 0.362 e. The lowest BCUT2D eigenvalue weighted by molar-refractivity contribution is 0.363. The molecule has 0 spiro atoms. The summed E-state index contributed by atoms with van der Waals surface area (Å²) in [6.45, 7) is 5.29. The van der Waals surface area contributed by atoms with Crippen LogP contribution in [0.25, 0.3) is 0 Å². The molecule has 1 aliphatic carbocycles. The Morgan fingerprint density at radius 1 is 1.50 bits per heavy atom. The summed E-state index contributed by atoms with van der Waals surface area (Å²) in [7, 11) is 2.15. The number of hydrogen-bond acceptors (Lipinski definition) is 3. The summed E-state index contributed by atoms with van der Waals surface area (Å²) in [5.41, 5.74) is 0. The molecule has 0 aromatic carbocycles. The predicted molar refractivity (Wildman–Crippen MR) is 72.2 cm³/mol. The van der Waals surface area contributed by atoms with Gasteiger partial charge in [-0.3, -0.25) is 4.99 Å². The predicted octanol–water partition coefficient (Wildman–Crippen LogP) is 1.80. The Balaban J connectivity index is 1.75. The van der Waals surface area contributed by atoms with Gasteiger partial charge >= 0.3 is 0 Å². The van der Waals surface area contributed by atoms with Crippen molar-refractivity contribution in [1.29, 1.82) is 0 Å². The lowest BCUT2D eigenvalue weighted by Crippen LogP contribution is -2.41. The van der Waals surface area contributed by atoms with Crippen molar-refractivity contribution in [2.24, 2.45) is 10.9 Å². The second-order valence-corrected chi connectivity index (χ2v) is 5.84. The maximum atomic E-state index is 4.66. The van der Waals surface area contributed by atoms with Gasteiger partial charge in [-0.15, -0.1) is 0 Å². The number of aliphatic imine (C=N–C) groups is 1. The highest BCUT2D eigenvalue weighted by molar-refractivity contribution is 8.13. The van der Waals surface area contributed by atoms with E-state index in [1.807, 2.05) is 11.8 Å². The van der Waals surface area contributed by atoms with Crippen LogP contribution < -0.4 is 5.32 Å². The van der Waals surface area contributed by atoms with E-state index in [-0.39, 0.29) is 0 Å². The summed E-state index contributed by atoms with van der Waals surface area (Å²) in [4.78, 5) is 6.96. The Kier molecular flexibility index (Phi) is 4.53. The van der Waals surface area contributed by atoms with Crippen molar-refractivity contribution in [2.75, 3.05) is 32.4 Å². The zero-order chi connectivity index (χ0) is 11.4. The number of nitrogens with zero attached hydrogens (tertiary/aromatic N) is 2. The Labute approximate surface area is 103 Å². The molecule has 0 radical (unpaired) electrons. The lowest BCUT2D eigenvalue weighted by Gasteiger charge is -2.28. The lowest BCUT2D eigenvalue weighted by atomic mass is 10.1. The van der Waals surface area contributed by atoms with Crippen molar-refractivity contribution in [3.63, 3.8) is 0 Å². The molecule has 2 atom stereocenters. The Bertz CT molecular complexity index is 255. The summed E-state index contributed by atoms with van der Waals surface area (Å²) in [5.74, 6) is 2.18. The van der Waals surface area contributed by atoms with Gasteiger partial charge in [-0.25, -0.2) is 0 Å². The molecule has 1 saturated heterocycles. The second-order valence-electron chi connectivity index (χ2n) is 4.84. The fraction of sp³-hybridized carbons (Fsp3) is 0.917. The van der Waals surface area contributed by atoms with E-state index in [0.29, 0.717) is 0 Å². The monoisotopic (exact) mass is 241 g/mol. The van der Waals surface area contributed by atoms with E-state index in [2.05, 4.69) is 29.2 Å². The topological polar surface area (TPSA) is 27.6 Å². The normalized spacial score (nSPS) is 31.8. The van der Waals surface area contributed by atoms with Crippen LogP contribution in [-0.4, -0.2) is 48.5 Å². The van der Waals surface area contributed by atoms with E-state index in [9.17, 15) is 0 Å². The van der Waals surface area contributed by atoms with Crippen molar-refractivity contribution in [2.45, 2.75) is 32.2 Å². The van der Waals surface area contributed by atoms with Crippen molar-refractivity contribution in [3.8, 4) is 0 Å². The van der Waals surface area contributed by atoms with Crippen LogP contribution >= 0.6 is 11.8 Å². The number of amidine groups is 1. The summed E-state index contributed by atoms with van der Waals surface area (Å²) in [6.07, 6.45) is 4.16. The molecule has 1 aliphatic heterocycles. The maximum Gasteiger partial charge on any atom is 0.156 e. The number of rotatable bonds is 4. The van der Waals surface area contributed by atoms with E-state index >= 15 is 0 Å². The third-order valence-corrected chi connectivity index (χ3v) is 4.79. The van der Waals surface area contributed by atoms with Crippen molar-refractivity contribution in [3.05, 3.63) is 0 Å². The number of fused-ring (bicyclic) bond motifs is 1. The van der Waals surface area contributed by atoms with Crippen LogP contribution in [0.5, 0.6) is 0 Å². The molecule has 0 aromatic heterocycles. The molecule has 0 aromatic rings. The number of nitrogens with one attached hydrogen (secondary N) is 1. The van der Waals surface area contributed by atoms with Crippen LogP contribution in [0.2, 0.25) is 0 Å². The first-order valence-corrected chi connectivity index (χ1v) is 7.40. The summed E-state index contributed by atoms with van der Waals surface area (Å²) < 4.78 is 0. The molecule has 4 heteroatoms. The van der Waals surface area contributed by atoms with E-state index < -0.39 is 0 Å². The fourth-order valence-corrected chi connectivity index (χ4v) is 3.57. The fourth-order valence-electron chi connectivity index (χ4n) is 2.38. The van der Waals surface area contributed by atoms with E-state index in [1.54, 1.807) is 0 Å². The summed E-state index contributed by atoms with van der Waals surface area (Å²) in [5, 5.41) is 4.79. The Hall–Kier alpha value is -0.220. The molecule has 1 heterocycles. The van der Waals surface area contributed by atoms with Gasteiger partial charge in [-0.2, -0.15) is 0 Å². The molecule has 2 fully saturated rings. The number of thioether (sulfide) groups is 1. The summed E-state index contributed by atoms with van der Waals surface area (Å²) >= 11 is 1.92. The third-order valence-electron chi connectivity index (χ3n) is 3.68. The SMILES string of the molecule is CCN(C)CCN=C1NC2CCCC2CS1. The average Bonchev–Trinajstić information content (AvgIpc) is 2.76. The highest BCUT2D eigenvalue weighted by Gasteiger charge is 2.31. The molecule has 2 aliphatic rings. The van der Waals surface area contributed by atoms with Gasteiger partial charge in [-0.05, 0) is 32.4 Å². The molecular weight excluding hydrogens is 218 g/mol. The number of hydrogen-bond donors (Lipinski definition) is 1. The molecular formula is C12H23N3S. The minimum absolute atomic E-state index is 0.726. The second kappa shape index (κ2) is 5.92. The molecule has 3 nitrogen and oxygen atoms in total. The highest BCUT2D eigenvalue weighted by atomic mass is 32.2. The average molecular weight is 241 g/mol. The maximum absolute atomic E-state index is 4.66. The molecule has 1 saturated carbocycles. The van der Waals surface area contributed by atoms with E-state index in [1.165, 1.54) is 30.2 Å². The first-order chi connectivity index (χ1) is 7.79.